The van der Waals surface area contributed by atoms with Crippen LogP contribution < -0.4 is 0 Å². The summed E-state index contributed by atoms with van der Waals surface area (Å²) in [5.74, 6) is -4.62. The second kappa shape index (κ2) is 11.4. The van der Waals surface area contributed by atoms with E-state index in [1.165, 1.54) is 30.3 Å². The maximum Gasteiger partial charge on any atom is 0.339 e. The van der Waals surface area contributed by atoms with Gasteiger partial charge in [-0.15, -0.1) is 0 Å². The van der Waals surface area contributed by atoms with Gasteiger partial charge < -0.3 is 38.6 Å². The highest BCUT2D eigenvalue weighted by Crippen LogP contribution is 2.53. The normalized spacial score (nSPS) is 39.8. The molecule has 2 aromatic carbocycles. The average Bonchev–Trinajstić information content (AvgIpc) is 3.48. The highest BCUT2D eigenvalue weighted by molar-refractivity contribution is 6.03. The van der Waals surface area contributed by atoms with Gasteiger partial charge in [0.1, 0.15) is 23.9 Å². The minimum absolute atomic E-state index is 0.0307. The number of hydrogen-bond donors (Lipinski definition) is 2. The topological polar surface area (TPSA) is 164 Å². The molecule has 0 aromatic heterocycles. The Morgan fingerprint density at radius 2 is 1.30 bits per heavy atom. The van der Waals surface area contributed by atoms with Gasteiger partial charge in [0.15, 0.2) is 12.2 Å². The van der Waals surface area contributed by atoms with Crippen molar-refractivity contribution in [2.75, 3.05) is 6.61 Å². The van der Waals surface area contributed by atoms with E-state index < -0.39 is 53.7 Å². The molecule has 6 fully saturated rings. The van der Waals surface area contributed by atoms with E-state index in [9.17, 15) is 29.4 Å². The smallest absolute Gasteiger partial charge is 0.339 e. The molecule has 2 aromatic rings. The molecule has 0 spiro atoms. The summed E-state index contributed by atoms with van der Waals surface area (Å²) in [6, 6.07) is 10.4. The van der Waals surface area contributed by atoms with Crippen molar-refractivity contribution in [1.82, 2.24) is 0 Å². The van der Waals surface area contributed by atoms with E-state index in [1.54, 1.807) is 12.1 Å². The Morgan fingerprint density at radius 3 is 2.00 bits per heavy atom. The molecular formula is C35H38O12. The van der Waals surface area contributed by atoms with E-state index >= 15 is 0 Å². The van der Waals surface area contributed by atoms with Crippen LogP contribution >= 0.6 is 0 Å². The molecule has 47 heavy (non-hydrogen) atoms. The molecule has 0 aliphatic carbocycles. The maximum atomic E-state index is 13.5. The molecule has 8 rings (SSSR count). The lowest BCUT2D eigenvalue weighted by Gasteiger charge is -2.57. The number of carboxylic acids is 2. The van der Waals surface area contributed by atoms with E-state index in [1.807, 2.05) is 27.7 Å². The fourth-order valence-corrected chi connectivity index (χ4v) is 8.69. The molecule has 2 N–H and O–H groups in total. The number of carboxylic acid groups (broad SMARTS) is 2. The van der Waals surface area contributed by atoms with Crippen LogP contribution in [0.2, 0.25) is 0 Å². The SMILES string of the molecule is CC1C2O[C@@H]3[C@@H](OC(=O)c4ccc(C56OC[C@H](OC(=O)c7ccccc7C(=O)O)[C@H](O[C@H](C)C5C)C6C)cc4C(=O)O)[C@H]1O[C@@H]3[C@@H]2C. The van der Waals surface area contributed by atoms with Crippen LogP contribution in [0.25, 0.3) is 0 Å². The van der Waals surface area contributed by atoms with Gasteiger partial charge >= 0.3 is 23.9 Å². The Morgan fingerprint density at radius 1 is 0.681 bits per heavy atom. The van der Waals surface area contributed by atoms with E-state index in [0.717, 1.165) is 0 Å². The first-order valence-corrected chi connectivity index (χ1v) is 16.1. The number of benzene rings is 2. The predicted octanol–water partition coefficient (Wildman–Crippen LogP) is 3.94. The quantitative estimate of drug-likeness (QED) is 0.416. The number of carbonyl (C=O) groups excluding carboxylic acids is 2. The second-order valence-corrected chi connectivity index (χ2v) is 13.6. The Labute approximate surface area is 271 Å². The van der Waals surface area contributed by atoms with E-state index in [2.05, 4.69) is 6.92 Å². The van der Waals surface area contributed by atoms with Crippen molar-refractivity contribution >= 4 is 23.9 Å². The van der Waals surface area contributed by atoms with E-state index in [-0.39, 0.29) is 77.1 Å². The van der Waals surface area contributed by atoms with Crippen LogP contribution in [0, 0.1) is 23.7 Å². The first kappa shape index (κ1) is 31.7. The summed E-state index contributed by atoms with van der Waals surface area (Å²) in [5.41, 5.74) is -1.09. The molecule has 0 amide bonds. The number of carbonyl (C=O) groups is 4. The Kier molecular flexibility index (Phi) is 7.70. The summed E-state index contributed by atoms with van der Waals surface area (Å²) in [5, 5.41) is 19.8. The van der Waals surface area contributed by atoms with Gasteiger partial charge in [0.25, 0.3) is 0 Å². The highest BCUT2D eigenvalue weighted by Gasteiger charge is 2.65. The second-order valence-electron chi connectivity index (χ2n) is 13.6. The fourth-order valence-electron chi connectivity index (χ4n) is 8.69. The number of hydrogen-bond acceptors (Lipinski definition) is 10. The van der Waals surface area contributed by atoms with Crippen LogP contribution in [0.5, 0.6) is 0 Å². The zero-order chi connectivity index (χ0) is 33.5. The van der Waals surface area contributed by atoms with Crippen molar-refractivity contribution in [3.8, 4) is 0 Å². The van der Waals surface area contributed by atoms with Gasteiger partial charge in [-0.1, -0.05) is 45.9 Å². The largest absolute Gasteiger partial charge is 0.478 e. The van der Waals surface area contributed by atoms with E-state index in [0.29, 0.717) is 5.56 Å². The van der Waals surface area contributed by atoms with Crippen molar-refractivity contribution < 1.29 is 57.8 Å². The standard InChI is InChI=1S/C35H38O12/c1-14-25-15(2)27-30(29(45-25)26(14)46-27)47-34(41)22-11-10-19(12-23(22)32(38)39)35-16(3)18(5)43-28(17(35)4)24(13-42-35)44-33(40)21-9-7-6-8-20(21)31(36)37/h6-12,14-18,24-30H,13H2,1-5H3,(H,36,37)(H,38,39)/t14-,15?,16?,17?,18-,24+,25?,26-,27+,28-,29+,30+,35?/m1/s1. The third-order valence-corrected chi connectivity index (χ3v) is 11.2. The lowest BCUT2D eigenvalue weighted by atomic mass is 9.65. The van der Waals surface area contributed by atoms with Gasteiger partial charge in [-0.25, -0.2) is 19.2 Å². The first-order valence-electron chi connectivity index (χ1n) is 16.1. The van der Waals surface area contributed by atoms with Crippen molar-refractivity contribution in [3.63, 3.8) is 0 Å². The number of rotatable bonds is 7. The third-order valence-electron chi connectivity index (χ3n) is 11.2. The number of fused-ring (bicyclic) bond motifs is 2. The molecule has 6 saturated heterocycles. The highest BCUT2D eigenvalue weighted by atomic mass is 16.7. The predicted molar refractivity (Wildman–Crippen MR) is 161 cm³/mol. The van der Waals surface area contributed by atoms with Crippen LogP contribution in [0.1, 0.15) is 81.6 Å². The monoisotopic (exact) mass is 650 g/mol. The molecule has 6 aliphatic rings. The van der Waals surface area contributed by atoms with Crippen molar-refractivity contribution in [2.24, 2.45) is 23.7 Å². The van der Waals surface area contributed by atoms with Crippen molar-refractivity contribution in [2.45, 2.75) is 89.1 Å². The maximum absolute atomic E-state index is 13.5. The Balaban J connectivity index is 1.15. The molecule has 6 aliphatic heterocycles. The summed E-state index contributed by atoms with van der Waals surface area (Å²) < 4.78 is 36.9. The van der Waals surface area contributed by atoms with Gasteiger partial charge in [-0.2, -0.15) is 0 Å². The third kappa shape index (κ3) is 4.71. The lowest BCUT2D eigenvalue weighted by Crippen LogP contribution is -2.65. The molecular weight excluding hydrogens is 612 g/mol. The molecule has 6 bridgehead atoms. The molecule has 0 saturated carbocycles. The van der Waals surface area contributed by atoms with Gasteiger partial charge in [0.05, 0.1) is 47.2 Å². The minimum Gasteiger partial charge on any atom is -0.478 e. The summed E-state index contributed by atoms with van der Waals surface area (Å²) in [6.07, 6.45) is -3.35. The number of ether oxygens (including phenoxy) is 6. The molecule has 13 atom stereocenters. The van der Waals surface area contributed by atoms with Gasteiger partial charge in [-0.3, -0.25) is 0 Å². The van der Waals surface area contributed by atoms with Crippen molar-refractivity contribution in [3.05, 3.63) is 70.3 Å². The molecule has 6 heterocycles. The zero-order valence-electron chi connectivity index (χ0n) is 26.7. The van der Waals surface area contributed by atoms with Gasteiger partial charge in [-0.05, 0) is 36.8 Å². The molecule has 250 valence electrons. The van der Waals surface area contributed by atoms with Crippen molar-refractivity contribution in [1.29, 1.82) is 0 Å². The lowest BCUT2D eigenvalue weighted by molar-refractivity contribution is -0.304. The Hall–Kier alpha value is -3.84. The van der Waals surface area contributed by atoms with Crippen LogP contribution in [-0.4, -0.2) is 89.5 Å². The molecule has 5 unspecified atom stereocenters. The Bertz CT molecular complexity index is 1630. The molecule has 12 heteroatoms. The zero-order valence-corrected chi connectivity index (χ0v) is 26.7. The molecule has 12 nitrogen and oxygen atoms in total. The van der Waals surface area contributed by atoms with Gasteiger partial charge in [0.2, 0.25) is 0 Å². The van der Waals surface area contributed by atoms with Gasteiger partial charge in [0, 0.05) is 23.7 Å². The first-order chi connectivity index (χ1) is 22.3. The van der Waals surface area contributed by atoms with Crippen LogP contribution in [0.3, 0.4) is 0 Å². The number of esters is 2. The fraction of sp³-hybridized carbons (Fsp3) is 0.543. The minimum atomic E-state index is -1.30. The van der Waals surface area contributed by atoms with E-state index in [4.69, 9.17) is 28.4 Å². The summed E-state index contributed by atoms with van der Waals surface area (Å²) >= 11 is 0. The van der Waals surface area contributed by atoms with Crippen LogP contribution in [-0.2, 0) is 34.0 Å². The van der Waals surface area contributed by atoms with Crippen LogP contribution in [0.4, 0.5) is 0 Å². The summed E-state index contributed by atoms with van der Waals surface area (Å²) in [7, 11) is 0. The van der Waals surface area contributed by atoms with Crippen LogP contribution in [0.15, 0.2) is 42.5 Å². The summed E-state index contributed by atoms with van der Waals surface area (Å²) in [6.45, 7) is 9.69. The molecule has 0 radical (unpaired) electrons. The number of aromatic carboxylic acids is 2. The average molecular weight is 651 g/mol. The summed E-state index contributed by atoms with van der Waals surface area (Å²) in [4.78, 5) is 51.0.